The standard InChI is InChI=1S/C14H24N2O3S/c1-10-3-5-14(6-4-10,12(17)18)15-13(19)16-7-8-20-11(2)9-16/h10-11H,3-9H2,1-2H3,(H,15,19)(H,17,18). The van der Waals surface area contributed by atoms with E-state index in [0.717, 1.165) is 18.6 Å². The van der Waals surface area contributed by atoms with Crippen molar-refractivity contribution < 1.29 is 14.7 Å². The monoisotopic (exact) mass is 300 g/mol. The fourth-order valence-electron chi connectivity index (χ4n) is 2.93. The van der Waals surface area contributed by atoms with Crippen LogP contribution in [0.5, 0.6) is 0 Å². The van der Waals surface area contributed by atoms with Gasteiger partial charge >= 0.3 is 12.0 Å². The summed E-state index contributed by atoms with van der Waals surface area (Å²) in [5.74, 6) is 0.578. The maximum absolute atomic E-state index is 12.3. The summed E-state index contributed by atoms with van der Waals surface area (Å²) < 4.78 is 0. The molecule has 1 aliphatic heterocycles. The second-order valence-electron chi connectivity index (χ2n) is 6.13. The Balaban J connectivity index is 2.01. The van der Waals surface area contributed by atoms with Gasteiger partial charge in [-0.05, 0) is 31.6 Å². The van der Waals surface area contributed by atoms with E-state index in [0.29, 0.717) is 37.1 Å². The van der Waals surface area contributed by atoms with Gasteiger partial charge in [0.15, 0.2) is 0 Å². The van der Waals surface area contributed by atoms with Crippen molar-refractivity contribution >= 4 is 23.8 Å². The van der Waals surface area contributed by atoms with Crippen molar-refractivity contribution in [3.8, 4) is 0 Å². The summed E-state index contributed by atoms with van der Waals surface area (Å²) in [5, 5.41) is 12.8. The number of thioether (sulfide) groups is 1. The van der Waals surface area contributed by atoms with Gasteiger partial charge in [0.2, 0.25) is 0 Å². The van der Waals surface area contributed by atoms with Crippen molar-refractivity contribution in [3.05, 3.63) is 0 Å². The third kappa shape index (κ3) is 3.40. The molecule has 0 aromatic carbocycles. The third-order valence-corrected chi connectivity index (χ3v) is 5.55. The van der Waals surface area contributed by atoms with Crippen molar-refractivity contribution in [2.24, 2.45) is 5.92 Å². The summed E-state index contributed by atoms with van der Waals surface area (Å²) in [6, 6.07) is -0.214. The highest BCUT2D eigenvalue weighted by Crippen LogP contribution is 2.32. The van der Waals surface area contributed by atoms with E-state index >= 15 is 0 Å². The van der Waals surface area contributed by atoms with Crippen LogP contribution in [-0.2, 0) is 4.79 Å². The lowest BCUT2D eigenvalue weighted by molar-refractivity contribution is -0.146. The van der Waals surface area contributed by atoms with Gasteiger partial charge in [-0.1, -0.05) is 13.8 Å². The first-order valence-electron chi connectivity index (χ1n) is 7.35. The molecule has 0 bridgehead atoms. The smallest absolute Gasteiger partial charge is 0.329 e. The number of nitrogens with zero attached hydrogens (tertiary/aromatic N) is 1. The first-order chi connectivity index (χ1) is 9.43. The topological polar surface area (TPSA) is 69.6 Å². The van der Waals surface area contributed by atoms with Gasteiger partial charge in [0.25, 0.3) is 0 Å². The Morgan fingerprint density at radius 3 is 2.50 bits per heavy atom. The van der Waals surface area contributed by atoms with E-state index in [1.165, 1.54) is 0 Å². The molecule has 20 heavy (non-hydrogen) atoms. The quantitative estimate of drug-likeness (QED) is 0.820. The van der Waals surface area contributed by atoms with Gasteiger partial charge in [-0.25, -0.2) is 9.59 Å². The van der Waals surface area contributed by atoms with E-state index in [2.05, 4.69) is 19.2 Å². The Hall–Kier alpha value is -0.910. The van der Waals surface area contributed by atoms with Gasteiger partial charge in [-0.3, -0.25) is 0 Å². The number of carboxylic acids is 1. The van der Waals surface area contributed by atoms with E-state index in [1.54, 1.807) is 4.90 Å². The SMILES string of the molecule is CC1CCC(NC(=O)N2CCSC(C)C2)(C(=O)O)CC1. The van der Waals surface area contributed by atoms with Crippen LogP contribution in [0.3, 0.4) is 0 Å². The minimum Gasteiger partial charge on any atom is -0.480 e. The Kier molecular flexibility index (Phi) is 4.83. The molecule has 1 atom stereocenters. The summed E-state index contributed by atoms with van der Waals surface area (Å²) in [5.41, 5.74) is -1.06. The lowest BCUT2D eigenvalue weighted by atomic mass is 9.77. The largest absolute Gasteiger partial charge is 0.480 e. The fourth-order valence-corrected chi connectivity index (χ4v) is 3.95. The molecule has 2 fully saturated rings. The van der Waals surface area contributed by atoms with Crippen LogP contribution in [0.15, 0.2) is 0 Å². The molecule has 114 valence electrons. The zero-order valence-electron chi connectivity index (χ0n) is 12.2. The highest BCUT2D eigenvalue weighted by atomic mass is 32.2. The van der Waals surface area contributed by atoms with E-state index in [4.69, 9.17) is 0 Å². The maximum atomic E-state index is 12.3. The Bertz CT molecular complexity index is 381. The molecule has 0 radical (unpaired) electrons. The van der Waals surface area contributed by atoms with E-state index in [1.807, 2.05) is 11.8 Å². The van der Waals surface area contributed by atoms with Gasteiger partial charge in [0, 0.05) is 24.1 Å². The van der Waals surface area contributed by atoms with E-state index < -0.39 is 11.5 Å². The van der Waals surface area contributed by atoms with Gasteiger partial charge in [-0.15, -0.1) is 0 Å². The van der Waals surface area contributed by atoms with Crippen LogP contribution in [0.2, 0.25) is 0 Å². The molecule has 2 rings (SSSR count). The van der Waals surface area contributed by atoms with E-state index in [-0.39, 0.29) is 6.03 Å². The Morgan fingerprint density at radius 2 is 1.95 bits per heavy atom. The normalized spacial score (nSPS) is 34.6. The number of amides is 2. The van der Waals surface area contributed by atoms with Crippen LogP contribution >= 0.6 is 11.8 Å². The number of hydrogen-bond acceptors (Lipinski definition) is 3. The van der Waals surface area contributed by atoms with Crippen molar-refractivity contribution in [2.45, 2.75) is 50.3 Å². The Labute approximate surface area is 124 Å². The van der Waals surface area contributed by atoms with Crippen LogP contribution < -0.4 is 5.32 Å². The molecular formula is C14H24N2O3S. The molecule has 2 amide bonds. The van der Waals surface area contributed by atoms with Gasteiger partial charge in [0.05, 0.1) is 0 Å². The first-order valence-corrected chi connectivity index (χ1v) is 8.40. The molecule has 0 aromatic heterocycles. The Morgan fingerprint density at radius 1 is 1.30 bits per heavy atom. The number of carboxylic acid groups (broad SMARTS) is 1. The average molecular weight is 300 g/mol. The molecule has 6 heteroatoms. The van der Waals surface area contributed by atoms with Gasteiger partial charge < -0.3 is 15.3 Å². The molecule has 0 aromatic rings. The van der Waals surface area contributed by atoms with Crippen molar-refractivity contribution in [2.75, 3.05) is 18.8 Å². The molecule has 1 heterocycles. The zero-order chi connectivity index (χ0) is 14.8. The lowest BCUT2D eigenvalue weighted by Crippen LogP contribution is -2.60. The molecule has 1 saturated heterocycles. The molecule has 1 saturated carbocycles. The number of carbonyl (C=O) groups excluding carboxylic acids is 1. The summed E-state index contributed by atoms with van der Waals surface area (Å²) >= 11 is 1.85. The van der Waals surface area contributed by atoms with Crippen LogP contribution in [0.4, 0.5) is 4.79 Å². The summed E-state index contributed by atoms with van der Waals surface area (Å²) in [7, 11) is 0. The molecule has 2 N–H and O–H groups in total. The maximum Gasteiger partial charge on any atom is 0.329 e. The van der Waals surface area contributed by atoms with Crippen LogP contribution in [-0.4, -0.2) is 51.6 Å². The predicted octanol–water partition coefficient (Wildman–Crippen LogP) is 2.17. The van der Waals surface area contributed by atoms with E-state index in [9.17, 15) is 14.7 Å². The minimum atomic E-state index is -1.06. The highest BCUT2D eigenvalue weighted by Gasteiger charge is 2.43. The number of urea groups is 1. The van der Waals surface area contributed by atoms with Crippen LogP contribution in [0, 0.1) is 5.92 Å². The van der Waals surface area contributed by atoms with Gasteiger partial charge in [-0.2, -0.15) is 11.8 Å². The molecule has 1 unspecified atom stereocenters. The molecule has 5 nitrogen and oxygen atoms in total. The van der Waals surface area contributed by atoms with Crippen molar-refractivity contribution in [1.29, 1.82) is 0 Å². The average Bonchev–Trinajstić information content (AvgIpc) is 2.41. The van der Waals surface area contributed by atoms with Crippen molar-refractivity contribution in [3.63, 3.8) is 0 Å². The summed E-state index contributed by atoms with van der Waals surface area (Å²) in [4.78, 5) is 25.7. The molecule has 1 aliphatic carbocycles. The molecule has 0 spiro atoms. The fraction of sp³-hybridized carbons (Fsp3) is 0.857. The third-order valence-electron chi connectivity index (χ3n) is 4.41. The van der Waals surface area contributed by atoms with Crippen molar-refractivity contribution in [1.82, 2.24) is 10.2 Å². The first kappa shape index (κ1) is 15.5. The van der Waals surface area contributed by atoms with Crippen LogP contribution in [0.1, 0.15) is 39.5 Å². The number of nitrogens with one attached hydrogen (secondary N) is 1. The summed E-state index contributed by atoms with van der Waals surface area (Å²) in [6.07, 6.45) is 2.79. The second kappa shape index (κ2) is 6.24. The summed E-state index contributed by atoms with van der Waals surface area (Å²) in [6.45, 7) is 5.63. The van der Waals surface area contributed by atoms with Gasteiger partial charge in [0.1, 0.15) is 5.54 Å². The number of rotatable bonds is 2. The van der Waals surface area contributed by atoms with Crippen LogP contribution in [0.25, 0.3) is 0 Å². The number of hydrogen-bond donors (Lipinski definition) is 2. The highest BCUT2D eigenvalue weighted by molar-refractivity contribution is 7.99. The lowest BCUT2D eigenvalue weighted by Gasteiger charge is -2.39. The second-order valence-corrected chi connectivity index (χ2v) is 7.67. The number of carbonyl (C=O) groups is 2. The minimum absolute atomic E-state index is 0.214. The molecular weight excluding hydrogens is 276 g/mol. The zero-order valence-corrected chi connectivity index (χ0v) is 13.0. The molecule has 2 aliphatic rings. The predicted molar refractivity (Wildman–Crippen MR) is 80.0 cm³/mol. The number of aliphatic carboxylic acids is 1.